The highest BCUT2D eigenvalue weighted by atomic mass is 16.5. The smallest absolute Gasteiger partial charge is 0.339 e. The van der Waals surface area contributed by atoms with E-state index in [9.17, 15) is 9.59 Å². The molecule has 0 fully saturated rings. The second-order valence-electron chi connectivity index (χ2n) is 4.91. The Morgan fingerprint density at radius 2 is 2.13 bits per heavy atom. The van der Waals surface area contributed by atoms with Crippen molar-refractivity contribution in [3.05, 3.63) is 63.6 Å². The maximum absolute atomic E-state index is 12.1. The van der Waals surface area contributed by atoms with Gasteiger partial charge in [-0.25, -0.2) is 4.79 Å². The summed E-state index contributed by atoms with van der Waals surface area (Å²) in [6, 6.07) is 10.6. The predicted octanol–water partition coefficient (Wildman–Crippen LogP) is 1.89. The Labute approximate surface area is 133 Å². The van der Waals surface area contributed by atoms with Gasteiger partial charge in [0, 0.05) is 6.20 Å². The normalized spacial score (nSPS) is 9.96. The highest BCUT2D eigenvalue weighted by molar-refractivity contribution is 5.89. The van der Waals surface area contributed by atoms with E-state index in [0.717, 1.165) is 5.56 Å². The van der Waals surface area contributed by atoms with E-state index in [-0.39, 0.29) is 24.3 Å². The molecule has 0 N–H and O–H groups in total. The zero-order chi connectivity index (χ0) is 16.8. The third-order valence-electron chi connectivity index (χ3n) is 3.22. The molecule has 2 aromatic rings. The van der Waals surface area contributed by atoms with E-state index in [0.29, 0.717) is 5.75 Å². The molecule has 0 radical (unpaired) electrons. The van der Waals surface area contributed by atoms with Gasteiger partial charge in [-0.05, 0) is 30.7 Å². The number of hydrogen-bond acceptors (Lipinski definition) is 5. The fourth-order valence-electron chi connectivity index (χ4n) is 2.08. The molecule has 1 aromatic heterocycles. The lowest BCUT2D eigenvalue weighted by Gasteiger charge is -2.10. The van der Waals surface area contributed by atoms with E-state index in [4.69, 9.17) is 10.00 Å². The molecule has 118 valence electrons. The minimum atomic E-state index is -0.602. The third kappa shape index (κ3) is 3.98. The van der Waals surface area contributed by atoms with E-state index in [1.165, 1.54) is 23.9 Å². The van der Waals surface area contributed by atoms with Gasteiger partial charge in [-0.1, -0.05) is 12.1 Å². The average molecular weight is 312 g/mol. The fraction of sp³-hybridized carbons (Fsp3) is 0.235. The summed E-state index contributed by atoms with van der Waals surface area (Å²) in [5.41, 5.74) is 0.648. The van der Waals surface area contributed by atoms with Gasteiger partial charge in [0.1, 0.15) is 24.0 Å². The molecule has 2 rings (SSSR count). The fourth-order valence-corrected chi connectivity index (χ4v) is 2.08. The van der Waals surface area contributed by atoms with Crippen LogP contribution < -0.4 is 10.3 Å². The summed E-state index contributed by atoms with van der Waals surface area (Å²) >= 11 is 0. The summed E-state index contributed by atoms with van der Waals surface area (Å²) < 4.78 is 11.5. The summed E-state index contributed by atoms with van der Waals surface area (Å²) in [7, 11) is 1.24. The molecule has 0 bridgehead atoms. The first-order valence-corrected chi connectivity index (χ1v) is 6.97. The summed E-state index contributed by atoms with van der Waals surface area (Å²) in [5, 5.41) is 9.01. The van der Waals surface area contributed by atoms with Gasteiger partial charge in [0.25, 0.3) is 5.56 Å². The van der Waals surface area contributed by atoms with E-state index in [1.54, 1.807) is 6.07 Å². The second kappa shape index (κ2) is 7.27. The van der Waals surface area contributed by atoms with Crippen molar-refractivity contribution in [2.45, 2.75) is 13.5 Å². The molecule has 0 spiro atoms. The summed E-state index contributed by atoms with van der Waals surface area (Å²) in [4.78, 5) is 23.7. The number of carbonyl (C=O) groups is 1. The van der Waals surface area contributed by atoms with Crippen LogP contribution in [-0.4, -0.2) is 24.3 Å². The molecular formula is C17H16N2O4. The Morgan fingerprint density at radius 3 is 2.78 bits per heavy atom. The van der Waals surface area contributed by atoms with Crippen molar-refractivity contribution >= 4 is 5.97 Å². The second-order valence-corrected chi connectivity index (χ2v) is 4.91. The number of aryl methyl sites for hydroxylation is 1. The van der Waals surface area contributed by atoms with Crippen molar-refractivity contribution in [2.75, 3.05) is 13.7 Å². The van der Waals surface area contributed by atoms with Crippen molar-refractivity contribution in [3.8, 4) is 11.8 Å². The maximum atomic E-state index is 12.1. The molecule has 0 atom stereocenters. The average Bonchev–Trinajstić information content (AvgIpc) is 2.55. The van der Waals surface area contributed by atoms with Crippen molar-refractivity contribution in [3.63, 3.8) is 0 Å². The van der Waals surface area contributed by atoms with Crippen LogP contribution >= 0.6 is 0 Å². The van der Waals surface area contributed by atoms with Gasteiger partial charge in [-0.3, -0.25) is 4.79 Å². The molecule has 0 aliphatic rings. The van der Waals surface area contributed by atoms with Crippen molar-refractivity contribution in [1.82, 2.24) is 4.57 Å². The first kappa shape index (κ1) is 16.3. The van der Waals surface area contributed by atoms with Crippen molar-refractivity contribution in [1.29, 1.82) is 5.26 Å². The molecule has 6 nitrogen and oxygen atoms in total. The number of hydrogen-bond donors (Lipinski definition) is 0. The van der Waals surface area contributed by atoms with E-state index in [2.05, 4.69) is 4.74 Å². The zero-order valence-electron chi connectivity index (χ0n) is 12.9. The number of carbonyl (C=O) groups excluding carboxylic acids is 1. The Morgan fingerprint density at radius 1 is 1.35 bits per heavy atom. The monoisotopic (exact) mass is 312 g/mol. The first-order chi connectivity index (χ1) is 11.0. The van der Waals surface area contributed by atoms with Crippen LogP contribution in [0.25, 0.3) is 0 Å². The van der Waals surface area contributed by atoms with Crippen LogP contribution in [0.3, 0.4) is 0 Å². The lowest BCUT2D eigenvalue weighted by molar-refractivity contribution is 0.0599. The van der Waals surface area contributed by atoms with Crippen LogP contribution in [-0.2, 0) is 11.3 Å². The molecular weight excluding hydrogens is 296 g/mol. The molecule has 0 saturated heterocycles. The predicted molar refractivity (Wildman–Crippen MR) is 83.4 cm³/mol. The van der Waals surface area contributed by atoms with Gasteiger partial charge in [-0.2, -0.15) is 5.26 Å². The number of nitrogens with zero attached hydrogens (tertiary/aromatic N) is 2. The van der Waals surface area contributed by atoms with Gasteiger partial charge >= 0.3 is 5.97 Å². The highest BCUT2D eigenvalue weighted by Gasteiger charge is 2.12. The minimum absolute atomic E-state index is 0.108. The minimum Gasteiger partial charge on any atom is -0.492 e. The topological polar surface area (TPSA) is 81.3 Å². The number of ether oxygens (including phenoxy) is 2. The summed E-state index contributed by atoms with van der Waals surface area (Å²) in [6.07, 6.45) is 1.37. The number of pyridine rings is 1. The van der Waals surface area contributed by atoms with Gasteiger partial charge in [0.15, 0.2) is 0 Å². The molecule has 1 heterocycles. The van der Waals surface area contributed by atoms with Crippen LogP contribution in [0.15, 0.2) is 41.3 Å². The van der Waals surface area contributed by atoms with E-state index < -0.39 is 11.5 Å². The largest absolute Gasteiger partial charge is 0.492 e. The molecule has 0 aliphatic carbocycles. The number of benzene rings is 1. The Kier molecular flexibility index (Phi) is 5.15. The van der Waals surface area contributed by atoms with Crippen LogP contribution in [0.5, 0.6) is 5.75 Å². The van der Waals surface area contributed by atoms with Gasteiger partial charge < -0.3 is 14.0 Å². The van der Waals surface area contributed by atoms with Gasteiger partial charge in [-0.15, -0.1) is 0 Å². The Hall–Kier alpha value is -3.07. The van der Waals surface area contributed by atoms with Crippen LogP contribution in [0.4, 0.5) is 0 Å². The maximum Gasteiger partial charge on any atom is 0.339 e. The van der Waals surface area contributed by atoms with Gasteiger partial charge in [0.05, 0.1) is 19.2 Å². The van der Waals surface area contributed by atoms with E-state index >= 15 is 0 Å². The number of aromatic nitrogens is 1. The molecule has 1 aromatic carbocycles. The van der Waals surface area contributed by atoms with Crippen LogP contribution in [0.2, 0.25) is 0 Å². The quantitative estimate of drug-likeness (QED) is 0.788. The zero-order valence-corrected chi connectivity index (χ0v) is 12.9. The number of nitriles is 1. The molecule has 0 unspecified atom stereocenters. The molecule has 0 amide bonds. The molecule has 0 aliphatic heterocycles. The first-order valence-electron chi connectivity index (χ1n) is 6.97. The lowest BCUT2D eigenvalue weighted by Crippen LogP contribution is -2.26. The Balaban J connectivity index is 2.17. The number of rotatable bonds is 5. The third-order valence-corrected chi connectivity index (χ3v) is 3.22. The van der Waals surface area contributed by atoms with Crippen LogP contribution in [0, 0.1) is 18.3 Å². The van der Waals surface area contributed by atoms with Crippen molar-refractivity contribution < 1.29 is 14.3 Å². The van der Waals surface area contributed by atoms with Crippen LogP contribution in [0.1, 0.15) is 21.5 Å². The summed E-state index contributed by atoms with van der Waals surface area (Å²) in [6.45, 7) is 2.40. The molecule has 23 heavy (non-hydrogen) atoms. The summed E-state index contributed by atoms with van der Waals surface area (Å²) in [5.74, 6) is 0.0949. The molecule has 6 heteroatoms. The van der Waals surface area contributed by atoms with Crippen molar-refractivity contribution in [2.24, 2.45) is 0 Å². The van der Waals surface area contributed by atoms with Gasteiger partial charge in [0.2, 0.25) is 0 Å². The lowest BCUT2D eigenvalue weighted by atomic mass is 10.2. The number of esters is 1. The standard InChI is InChI=1S/C17H16N2O4/c1-12-4-3-5-15(8-12)23-7-6-19-11-14(17(21)22-2)9-13(10-18)16(19)20/h3-5,8-9,11H,6-7H2,1-2H3. The Bertz CT molecular complexity index is 818. The SMILES string of the molecule is COC(=O)c1cc(C#N)c(=O)n(CCOc2cccc(C)c2)c1. The highest BCUT2D eigenvalue weighted by Crippen LogP contribution is 2.12. The number of methoxy groups -OCH3 is 1. The molecule has 0 saturated carbocycles. The van der Waals surface area contributed by atoms with E-state index in [1.807, 2.05) is 31.2 Å².